The van der Waals surface area contributed by atoms with Crippen molar-refractivity contribution in [3.63, 3.8) is 0 Å². The summed E-state index contributed by atoms with van der Waals surface area (Å²) in [7, 11) is 0. The molecule has 1 aromatic heterocycles. The maximum Gasteiger partial charge on any atom is 0.353 e. The number of nitrogens with one attached hydrogen (secondary N) is 1. The number of H-pyrrole nitrogens is 1. The largest absolute Gasteiger partial charge is 0.477 e. The lowest BCUT2D eigenvalue weighted by molar-refractivity contribution is 0.0690. The fraction of sp³-hybridized carbons (Fsp3) is 0.286. The fourth-order valence-corrected chi connectivity index (χ4v) is 2.33. The Morgan fingerprint density at radius 2 is 2.32 bits per heavy atom. The zero-order valence-corrected chi connectivity index (χ0v) is 10.3. The molecule has 2 aromatic rings. The second-order valence-electron chi connectivity index (χ2n) is 4.66. The monoisotopic (exact) mass is 258 g/mol. The number of hydrogen-bond acceptors (Lipinski definition) is 3. The van der Waals surface area contributed by atoms with Gasteiger partial charge in [0.25, 0.3) is 0 Å². The van der Waals surface area contributed by atoms with Crippen LogP contribution < -0.4 is 0 Å². The molecule has 2 N–H and O–H groups in total. The van der Waals surface area contributed by atoms with E-state index in [1.54, 1.807) is 6.07 Å². The molecule has 0 bridgehead atoms. The maximum absolute atomic E-state index is 10.8. The van der Waals surface area contributed by atoms with Crippen molar-refractivity contribution in [1.82, 2.24) is 10.2 Å². The van der Waals surface area contributed by atoms with Crippen LogP contribution in [0.2, 0.25) is 0 Å². The summed E-state index contributed by atoms with van der Waals surface area (Å²) in [4.78, 5) is 10.8. The van der Waals surface area contributed by atoms with Gasteiger partial charge in [-0.25, -0.2) is 4.79 Å². The van der Waals surface area contributed by atoms with Crippen LogP contribution in [0.1, 0.15) is 28.4 Å². The number of carboxylic acid groups (broad SMARTS) is 1. The van der Waals surface area contributed by atoms with Crippen molar-refractivity contribution in [2.45, 2.75) is 12.3 Å². The Bertz CT molecular complexity index is 600. The maximum atomic E-state index is 10.8. The molecule has 1 aromatic carbocycles. The number of hydrogen-bond donors (Lipinski definition) is 2. The number of ether oxygens (including phenoxy) is 1. The van der Waals surface area contributed by atoms with E-state index in [0.29, 0.717) is 11.6 Å². The standard InChI is InChI=1S/C14H14N2O3/c17-14(18)13-7-12(15-16-13)10-3-1-2-9(6-10)11-4-5-19-8-11/h1-3,6-7,11H,4-5,8H2,(H,15,16)(H,17,18). The van der Waals surface area contributed by atoms with Gasteiger partial charge >= 0.3 is 5.97 Å². The highest BCUT2D eigenvalue weighted by Crippen LogP contribution is 2.28. The van der Waals surface area contributed by atoms with Crippen molar-refractivity contribution in [3.8, 4) is 11.3 Å². The third-order valence-electron chi connectivity index (χ3n) is 3.39. The molecule has 1 fully saturated rings. The van der Waals surface area contributed by atoms with Crippen LogP contribution in [-0.4, -0.2) is 34.5 Å². The molecule has 1 atom stereocenters. The van der Waals surface area contributed by atoms with E-state index in [2.05, 4.69) is 22.3 Å². The molecular weight excluding hydrogens is 244 g/mol. The number of aromatic nitrogens is 2. The second kappa shape index (κ2) is 4.85. The molecule has 5 heteroatoms. The summed E-state index contributed by atoms with van der Waals surface area (Å²) in [6, 6.07) is 9.58. The molecule has 0 aliphatic carbocycles. The Morgan fingerprint density at radius 1 is 1.42 bits per heavy atom. The summed E-state index contributed by atoms with van der Waals surface area (Å²) in [6.45, 7) is 1.56. The van der Waals surface area contributed by atoms with E-state index in [0.717, 1.165) is 25.2 Å². The Labute approximate surface area is 110 Å². The minimum absolute atomic E-state index is 0.101. The summed E-state index contributed by atoms with van der Waals surface area (Å²) in [5, 5.41) is 15.4. The van der Waals surface area contributed by atoms with Crippen LogP contribution in [0.15, 0.2) is 30.3 Å². The third-order valence-corrected chi connectivity index (χ3v) is 3.39. The first-order valence-electron chi connectivity index (χ1n) is 6.21. The third kappa shape index (κ3) is 2.37. The highest BCUT2D eigenvalue weighted by Gasteiger charge is 2.18. The van der Waals surface area contributed by atoms with Gasteiger partial charge in [0.05, 0.1) is 12.3 Å². The number of benzene rings is 1. The Balaban J connectivity index is 1.91. The van der Waals surface area contributed by atoms with Gasteiger partial charge < -0.3 is 9.84 Å². The van der Waals surface area contributed by atoms with Gasteiger partial charge in [0.1, 0.15) is 5.69 Å². The van der Waals surface area contributed by atoms with Crippen molar-refractivity contribution >= 4 is 5.97 Å². The average molecular weight is 258 g/mol. The van der Waals surface area contributed by atoms with Gasteiger partial charge in [-0.15, -0.1) is 0 Å². The van der Waals surface area contributed by atoms with Crippen molar-refractivity contribution in [1.29, 1.82) is 0 Å². The lowest BCUT2D eigenvalue weighted by Gasteiger charge is -2.08. The van der Waals surface area contributed by atoms with Crippen LogP contribution in [0, 0.1) is 0 Å². The lowest BCUT2D eigenvalue weighted by Crippen LogP contribution is -1.97. The van der Waals surface area contributed by atoms with Gasteiger partial charge in [-0.2, -0.15) is 5.10 Å². The topological polar surface area (TPSA) is 75.2 Å². The number of nitrogens with zero attached hydrogens (tertiary/aromatic N) is 1. The van der Waals surface area contributed by atoms with Crippen LogP contribution in [0.4, 0.5) is 0 Å². The highest BCUT2D eigenvalue weighted by molar-refractivity contribution is 5.86. The zero-order chi connectivity index (χ0) is 13.2. The van der Waals surface area contributed by atoms with Crippen LogP contribution in [0.25, 0.3) is 11.3 Å². The van der Waals surface area contributed by atoms with E-state index in [9.17, 15) is 4.79 Å². The normalized spacial score (nSPS) is 18.6. The number of aromatic amines is 1. The first kappa shape index (κ1) is 11.9. The molecule has 0 radical (unpaired) electrons. The minimum atomic E-state index is -1.00. The summed E-state index contributed by atoms with van der Waals surface area (Å²) in [5.41, 5.74) is 2.89. The van der Waals surface area contributed by atoms with Gasteiger partial charge in [-0.05, 0) is 24.1 Å². The first-order chi connectivity index (χ1) is 9.24. The van der Waals surface area contributed by atoms with E-state index in [4.69, 9.17) is 9.84 Å². The molecule has 98 valence electrons. The van der Waals surface area contributed by atoms with Gasteiger partial charge in [0.15, 0.2) is 0 Å². The fourth-order valence-electron chi connectivity index (χ4n) is 2.33. The van der Waals surface area contributed by atoms with Crippen LogP contribution in [-0.2, 0) is 4.74 Å². The van der Waals surface area contributed by atoms with Crippen molar-refractivity contribution < 1.29 is 14.6 Å². The van der Waals surface area contributed by atoms with E-state index in [-0.39, 0.29) is 5.69 Å². The molecule has 1 saturated heterocycles. The average Bonchev–Trinajstić information content (AvgIpc) is 3.10. The Hall–Kier alpha value is -2.14. The Kier molecular flexibility index (Phi) is 3.05. The predicted molar refractivity (Wildman–Crippen MR) is 69.2 cm³/mol. The van der Waals surface area contributed by atoms with Gasteiger partial charge in [0.2, 0.25) is 0 Å². The number of aromatic carboxylic acids is 1. The SMILES string of the molecule is O=C(O)c1cc(-c2cccc(C3CCOC3)c2)n[nH]1. The van der Waals surface area contributed by atoms with E-state index in [1.165, 1.54) is 5.56 Å². The molecule has 5 nitrogen and oxygen atoms in total. The molecule has 1 aliphatic heterocycles. The van der Waals surface area contributed by atoms with Crippen LogP contribution in [0.3, 0.4) is 0 Å². The highest BCUT2D eigenvalue weighted by atomic mass is 16.5. The van der Waals surface area contributed by atoms with Gasteiger partial charge in [-0.1, -0.05) is 18.2 Å². The van der Waals surface area contributed by atoms with Crippen molar-refractivity contribution in [3.05, 3.63) is 41.6 Å². The summed E-state index contributed by atoms with van der Waals surface area (Å²) >= 11 is 0. The van der Waals surface area contributed by atoms with Gasteiger partial charge in [0, 0.05) is 18.1 Å². The molecule has 1 aliphatic rings. The molecular formula is C14H14N2O3. The van der Waals surface area contributed by atoms with E-state index in [1.807, 2.05) is 12.1 Å². The number of carbonyl (C=O) groups is 1. The second-order valence-corrected chi connectivity index (χ2v) is 4.66. The summed E-state index contributed by atoms with van der Waals surface area (Å²) < 4.78 is 5.39. The molecule has 0 amide bonds. The molecule has 2 heterocycles. The predicted octanol–water partition coefficient (Wildman–Crippen LogP) is 2.28. The zero-order valence-electron chi connectivity index (χ0n) is 10.3. The number of rotatable bonds is 3. The number of carboxylic acids is 1. The van der Waals surface area contributed by atoms with Crippen LogP contribution in [0.5, 0.6) is 0 Å². The molecule has 1 unspecified atom stereocenters. The molecule has 19 heavy (non-hydrogen) atoms. The summed E-state index contributed by atoms with van der Waals surface area (Å²) in [5.74, 6) is -0.572. The van der Waals surface area contributed by atoms with E-state index < -0.39 is 5.97 Å². The quantitative estimate of drug-likeness (QED) is 0.885. The van der Waals surface area contributed by atoms with Crippen LogP contribution >= 0.6 is 0 Å². The lowest BCUT2D eigenvalue weighted by atomic mass is 9.96. The van der Waals surface area contributed by atoms with Gasteiger partial charge in [-0.3, -0.25) is 5.10 Å². The first-order valence-corrected chi connectivity index (χ1v) is 6.21. The molecule has 0 spiro atoms. The smallest absolute Gasteiger partial charge is 0.353 e. The Morgan fingerprint density at radius 3 is 3.00 bits per heavy atom. The van der Waals surface area contributed by atoms with E-state index >= 15 is 0 Å². The molecule has 3 rings (SSSR count). The van der Waals surface area contributed by atoms with Crippen molar-refractivity contribution in [2.24, 2.45) is 0 Å². The van der Waals surface area contributed by atoms with Crippen molar-refractivity contribution in [2.75, 3.05) is 13.2 Å². The molecule has 0 saturated carbocycles. The summed E-state index contributed by atoms with van der Waals surface area (Å²) in [6.07, 6.45) is 1.03. The minimum Gasteiger partial charge on any atom is -0.477 e.